The van der Waals surface area contributed by atoms with Crippen molar-refractivity contribution in [1.29, 1.82) is 0 Å². The first-order valence-corrected chi connectivity index (χ1v) is 5.31. The van der Waals surface area contributed by atoms with E-state index in [9.17, 15) is 22.4 Å². The van der Waals surface area contributed by atoms with Crippen LogP contribution in [0.25, 0.3) is 0 Å². The fourth-order valence-corrected chi connectivity index (χ4v) is 1.63. The Morgan fingerprint density at radius 2 is 2.06 bits per heavy atom. The van der Waals surface area contributed by atoms with Gasteiger partial charge < -0.3 is 0 Å². The van der Waals surface area contributed by atoms with Gasteiger partial charge in [-0.3, -0.25) is 9.63 Å². The molecule has 1 aromatic carbocycles. The summed E-state index contributed by atoms with van der Waals surface area (Å²) in [6.07, 6.45) is -4.52. The zero-order valence-corrected chi connectivity index (χ0v) is 10.3. The van der Waals surface area contributed by atoms with E-state index >= 15 is 0 Å². The highest BCUT2D eigenvalue weighted by molar-refractivity contribution is 14.1. The molecule has 0 aliphatic rings. The minimum absolute atomic E-state index is 0.0363. The number of hydrogen-bond donors (Lipinski definition) is 1. The summed E-state index contributed by atoms with van der Waals surface area (Å²) in [5.41, 5.74) is 1.67. The number of carbonyl (C=O) groups is 1. The van der Waals surface area contributed by atoms with Gasteiger partial charge in [0.2, 0.25) is 0 Å². The van der Waals surface area contributed by atoms with Crippen molar-refractivity contribution >= 4 is 28.5 Å². The lowest BCUT2D eigenvalue weighted by molar-refractivity contribution is -0.184. The van der Waals surface area contributed by atoms with Crippen LogP contribution in [-0.2, 0) is 4.84 Å². The average Bonchev–Trinajstić information content (AvgIpc) is 2.15. The number of alkyl halides is 3. The van der Waals surface area contributed by atoms with Gasteiger partial charge in [-0.05, 0) is 40.8 Å². The quantitative estimate of drug-likeness (QED) is 0.510. The van der Waals surface area contributed by atoms with E-state index < -0.39 is 24.5 Å². The lowest BCUT2D eigenvalue weighted by atomic mass is 10.2. The summed E-state index contributed by atoms with van der Waals surface area (Å²) in [4.78, 5) is 15.3. The highest BCUT2D eigenvalue weighted by Crippen LogP contribution is 2.15. The molecule has 8 heteroatoms. The number of benzene rings is 1. The topological polar surface area (TPSA) is 38.3 Å². The molecular weight excluding hydrogens is 357 g/mol. The normalized spacial score (nSPS) is 11.4. The van der Waals surface area contributed by atoms with Crippen molar-refractivity contribution in [3.63, 3.8) is 0 Å². The van der Waals surface area contributed by atoms with Crippen LogP contribution in [0.4, 0.5) is 17.6 Å². The molecule has 17 heavy (non-hydrogen) atoms. The fraction of sp³-hybridized carbons (Fsp3) is 0.222. The van der Waals surface area contributed by atoms with E-state index in [1.165, 1.54) is 0 Å². The Bertz CT molecular complexity index is 422. The molecule has 94 valence electrons. The van der Waals surface area contributed by atoms with Gasteiger partial charge >= 0.3 is 6.18 Å². The second kappa shape index (κ2) is 5.63. The minimum atomic E-state index is -4.52. The van der Waals surface area contributed by atoms with Crippen molar-refractivity contribution in [3.05, 3.63) is 33.1 Å². The zero-order chi connectivity index (χ0) is 13.1. The molecule has 0 saturated carbocycles. The molecule has 0 fully saturated rings. The van der Waals surface area contributed by atoms with Crippen molar-refractivity contribution in [2.45, 2.75) is 6.18 Å². The summed E-state index contributed by atoms with van der Waals surface area (Å²) in [5.74, 6) is -1.40. The van der Waals surface area contributed by atoms with Crippen LogP contribution in [0.3, 0.4) is 0 Å². The van der Waals surface area contributed by atoms with Crippen LogP contribution >= 0.6 is 22.6 Å². The zero-order valence-electron chi connectivity index (χ0n) is 8.15. The van der Waals surface area contributed by atoms with E-state index in [4.69, 9.17) is 0 Å². The second-order valence-electron chi connectivity index (χ2n) is 2.96. The molecule has 3 nitrogen and oxygen atoms in total. The van der Waals surface area contributed by atoms with Crippen LogP contribution in [0.1, 0.15) is 10.4 Å². The molecule has 0 saturated heterocycles. The maximum absolute atomic E-state index is 12.7. The first-order valence-electron chi connectivity index (χ1n) is 4.23. The Labute approximate surface area is 107 Å². The lowest BCUT2D eigenvalue weighted by Gasteiger charge is -2.09. The van der Waals surface area contributed by atoms with Crippen LogP contribution in [-0.4, -0.2) is 18.7 Å². The molecule has 0 aliphatic carbocycles. The molecule has 0 aromatic heterocycles. The van der Waals surface area contributed by atoms with Crippen molar-refractivity contribution < 1.29 is 27.2 Å². The van der Waals surface area contributed by atoms with Gasteiger partial charge in [-0.2, -0.15) is 13.2 Å². The molecule has 0 unspecified atom stereocenters. The molecule has 0 spiro atoms. The number of hydroxylamine groups is 1. The first-order chi connectivity index (χ1) is 7.79. The smallest absolute Gasteiger partial charge is 0.267 e. The maximum Gasteiger partial charge on any atom is 0.414 e. The van der Waals surface area contributed by atoms with E-state index in [0.29, 0.717) is 0 Å². The van der Waals surface area contributed by atoms with Gasteiger partial charge in [-0.25, -0.2) is 9.87 Å². The molecule has 1 rings (SSSR count). The summed E-state index contributed by atoms with van der Waals surface area (Å²) < 4.78 is 48.1. The van der Waals surface area contributed by atoms with Gasteiger partial charge in [0.25, 0.3) is 5.91 Å². The number of carbonyl (C=O) groups excluding carboxylic acids is 1. The van der Waals surface area contributed by atoms with Crippen molar-refractivity contribution in [1.82, 2.24) is 5.48 Å². The van der Waals surface area contributed by atoms with Crippen molar-refractivity contribution in [3.8, 4) is 0 Å². The summed E-state index contributed by atoms with van der Waals surface area (Å²) in [6, 6.07) is 3.27. The number of amides is 1. The summed E-state index contributed by atoms with van der Waals surface area (Å²) >= 11 is 1.69. The van der Waals surface area contributed by atoms with Crippen LogP contribution in [0, 0.1) is 9.39 Å². The second-order valence-corrected chi connectivity index (χ2v) is 4.12. The number of hydrogen-bond acceptors (Lipinski definition) is 2. The van der Waals surface area contributed by atoms with Crippen LogP contribution in [0.2, 0.25) is 0 Å². The SMILES string of the molecule is O=C(NOCC(F)(F)F)c1ccc(F)cc1I. The van der Waals surface area contributed by atoms with Crippen LogP contribution in [0.15, 0.2) is 18.2 Å². The molecular formula is C9H6F4INO2. The van der Waals surface area contributed by atoms with E-state index in [0.717, 1.165) is 18.2 Å². The van der Waals surface area contributed by atoms with Gasteiger partial charge in [-0.1, -0.05) is 0 Å². The third-order valence-corrected chi connectivity index (χ3v) is 2.47. The Morgan fingerprint density at radius 3 is 2.59 bits per heavy atom. The van der Waals surface area contributed by atoms with E-state index in [-0.39, 0.29) is 9.13 Å². The number of nitrogens with one attached hydrogen (secondary N) is 1. The monoisotopic (exact) mass is 363 g/mol. The lowest BCUT2D eigenvalue weighted by Crippen LogP contribution is -2.30. The largest absolute Gasteiger partial charge is 0.414 e. The third-order valence-electron chi connectivity index (χ3n) is 1.58. The fourth-order valence-electron chi connectivity index (χ4n) is 0.912. The van der Waals surface area contributed by atoms with E-state index in [2.05, 4.69) is 4.84 Å². The van der Waals surface area contributed by atoms with Crippen LogP contribution < -0.4 is 5.48 Å². The highest BCUT2D eigenvalue weighted by Gasteiger charge is 2.28. The number of rotatable bonds is 3. The third kappa shape index (κ3) is 4.86. The predicted molar refractivity (Wildman–Crippen MR) is 58.6 cm³/mol. The summed E-state index contributed by atoms with van der Waals surface area (Å²) in [6.45, 7) is -1.59. The Kier molecular flexibility index (Phi) is 4.69. The Morgan fingerprint density at radius 1 is 1.41 bits per heavy atom. The molecule has 1 N–H and O–H groups in total. The standard InChI is InChI=1S/C9H6F4INO2/c10-5-1-2-6(7(14)3-5)8(16)15-17-4-9(11,12)13/h1-3H,4H2,(H,15,16). The van der Waals surface area contributed by atoms with Gasteiger partial charge in [0, 0.05) is 3.57 Å². The molecule has 0 radical (unpaired) electrons. The first kappa shape index (κ1) is 14.2. The number of halogens is 5. The molecule has 0 aliphatic heterocycles. The molecule has 0 atom stereocenters. The molecule has 1 aromatic rings. The molecule has 1 amide bonds. The highest BCUT2D eigenvalue weighted by atomic mass is 127. The summed E-state index contributed by atoms with van der Waals surface area (Å²) in [5, 5.41) is 0. The van der Waals surface area contributed by atoms with E-state index in [1.54, 1.807) is 28.1 Å². The summed E-state index contributed by atoms with van der Waals surface area (Å²) in [7, 11) is 0. The van der Waals surface area contributed by atoms with Gasteiger partial charge in [-0.15, -0.1) is 0 Å². The van der Waals surface area contributed by atoms with Crippen LogP contribution in [0.5, 0.6) is 0 Å². The minimum Gasteiger partial charge on any atom is -0.267 e. The average molecular weight is 363 g/mol. The molecule has 0 heterocycles. The maximum atomic E-state index is 12.7. The van der Waals surface area contributed by atoms with Gasteiger partial charge in [0.15, 0.2) is 6.61 Å². The van der Waals surface area contributed by atoms with Gasteiger partial charge in [0.05, 0.1) is 5.56 Å². The van der Waals surface area contributed by atoms with E-state index in [1.807, 2.05) is 0 Å². The van der Waals surface area contributed by atoms with Crippen molar-refractivity contribution in [2.75, 3.05) is 6.61 Å². The predicted octanol–water partition coefficient (Wildman–Crippen LogP) is 2.65. The Hall–Kier alpha value is -0.900. The van der Waals surface area contributed by atoms with Crippen molar-refractivity contribution in [2.24, 2.45) is 0 Å². The van der Waals surface area contributed by atoms with Gasteiger partial charge in [0.1, 0.15) is 5.82 Å². The molecule has 0 bridgehead atoms. The Balaban J connectivity index is 2.59.